The Balaban J connectivity index is 1.36. The number of carbonyl (C=O) groups is 1. The van der Waals surface area contributed by atoms with E-state index >= 15 is 0 Å². The number of rotatable bonds is 6. The molecule has 26 heavy (non-hydrogen) atoms. The van der Waals surface area contributed by atoms with Crippen LogP contribution in [0.25, 0.3) is 0 Å². The highest BCUT2D eigenvalue weighted by molar-refractivity contribution is 5.78. The van der Waals surface area contributed by atoms with Crippen molar-refractivity contribution in [2.45, 2.75) is 58.4 Å². The van der Waals surface area contributed by atoms with Crippen molar-refractivity contribution in [3.63, 3.8) is 0 Å². The van der Waals surface area contributed by atoms with E-state index in [1.165, 1.54) is 30.5 Å². The summed E-state index contributed by atoms with van der Waals surface area (Å²) in [5, 5.41) is 3.25. The Hall–Kier alpha value is -1.55. The van der Waals surface area contributed by atoms with Gasteiger partial charge in [-0.25, -0.2) is 0 Å². The van der Waals surface area contributed by atoms with Gasteiger partial charge in [-0.05, 0) is 50.8 Å². The quantitative estimate of drug-likeness (QED) is 0.845. The van der Waals surface area contributed by atoms with Crippen LogP contribution in [0.4, 0.5) is 5.69 Å². The number of amides is 1. The lowest BCUT2D eigenvalue weighted by molar-refractivity contribution is -0.126. The molecule has 1 aromatic rings. The fraction of sp³-hybridized carbons (Fsp3) is 0.682. The summed E-state index contributed by atoms with van der Waals surface area (Å²) in [6, 6.07) is 9.07. The Labute approximate surface area is 158 Å². The first kappa shape index (κ1) is 19.2. The average molecular weight is 358 g/mol. The van der Waals surface area contributed by atoms with Gasteiger partial charge in [-0.3, -0.25) is 9.69 Å². The van der Waals surface area contributed by atoms with Crippen LogP contribution in [-0.4, -0.2) is 49.6 Å². The molecule has 2 aliphatic rings. The zero-order chi connectivity index (χ0) is 18.4. The minimum absolute atomic E-state index is 0.268. The molecule has 1 saturated carbocycles. The SMILES string of the molecule is Cc1cccc(N2CCN(CC[C@H](C)NC(=O)C3CCCCC3)CC2)c1. The summed E-state index contributed by atoms with van der Waals surface area (Å²) in [6.07, 6.45) is 6.95. The van der Waals surface area contributed by atoms with Crippen molar-refractivity contribution in [3.05, 3.63) is 29.8 Å². The normalized spacial score (nSPS) is 20.8. The second kappa shape index (κ2) is 9.40. The van der Waals surface area contributed by atoms with Gasteiger partial charge in [-0.1, -0.05) is 31.4 Å². The smallest absolute Gasteiger partial charge is 0.223 e. The summed E-state index contributed by atoms with van der Waals surface area (Å²) in [4.78, 5) is 17.4. The molecule has 1 aliphatic carbocycles. The van der Waals surface area contributed by atoms with Crippen molar-refractivity contribution >= 4 is 11.6 Å². The molecular weight excluding hydrogens is 322 g/mol. The highest BCUT2D eigenvalue weighted by Gasteiger charge is 2.23. The van der Waals surface area contributed by atoms with Gasteiger partial charge in [0.05, 0.1) is 0 Å². The number of aryl methyl sites for hydroxylation is 1. The number of piperazine rings is 1. The monoisotopic (exact) mass is 357 g/mol. The van der Waals surface area contributed by atoms with Gasteiger partial charge in [0.2, 0.25) is 5.91 Å². The molecule has 0 bridgehead atoms. The second-order valence-electron chi connectivity index (χ2n) is 8.20. The van der Waals surface area contributed by atoms with E-state index in [2.05, 4.69) is 53.2 Å². The Morgan fingerprint density at radius 3 is 2.58 bits per heavy atom. The van der Waals surface area contributed by atoms with Gasteiger partial charge in [-0.15, -0.1) is 0 Å². The molecule has 1 amide bonds. The highest BCUT2D eigenvalue weighted by atomic mass is 16.1. The zero-order valence-corrected chi connectivity index (χ0v) is 16.5. The molecule has 4 nitrogen and oxygen atoms in total. The predicted molar refractivity (Wildman–Crippen MR) is 109 cm³/mol. The van der Waals surface area contributed by atoms with E-state index in [9.17, 15) is 4.79 Å². The Morgan fingerprint density at radius 1 is 1.15 bits per heavy atom. The first-order chi connectivity index (χ1) is 12.6. The van der Waals surface area contributed by atoms with E-state index in [1.54, 1.807) is 0 Å². The van der Waals surface area contributed by atoms with E-state index in [4.69, 9.17) is 0 Å². The number of benzene rings is 1. The molecular formula is C22H35N3O. The van der Waals surface area contributed by atoms with Crippen LogP contribution in [0.15, 0.2) is 24.3 Å². The van der Waals surface area contributed by atoms with Crippen molar-refractivity contribution < 1.29 is 4.79 Å². The molecule has 0 aromatic heterocycles. The molecule has 2 fully saturated rings. The van der Waals surface area contributed by atoms with Gasteiger partial charge >= 0.3 is 0 Å². The maximum absolute atomic E-state index is 12.4. The summed E-state index contributed by atoms with van der Waals surface area (Å²) >= 11 is 0. The van der Waals surface area contributed by atoms with Crippen LogP contribution in [0.2, 0.25) is 0 Å². The lowest BCUT2D eigenvalue weighted by Crippen LogP contribution is -2.48. The molecule has 0 radical (unpaired) electrons. The highest BCUT2D eigenvalue weighted by Crippen LogP contribution is 2.24. The van der Waals surface area contributed by atoms with Crippen LogP contribution in [0, 0.1) is 12.8 Å². The Morgan fingerprint density at radius 2 is 1.88 bits per heavy atom. The molecule has 1 saturated heterocycles. The fourth-order valence-electron chi connectivity index (χ4n) is 4.23. The third-order valence-electron chi connectivity index (χ3n) is 5.98. The first-order valence-electron chi connectivity index (χ1n) is 10.5. The molecule has 3 rings (SSSR count). The summed E-state index contributed by atoms with van der Waals surface area (Å²) in [6.45, 7) is 9.78. The number of hydrogen-bond acceptors (Lipinski definition) is 3. The maximum atomic E-state index is 12.4. The van der Waals surface area contributed by atoms with E-state index in [0.29, 0.717) is 5.91 Å². The largest absolute Gasteiger partial charge is 0.369 e. The molecule has 0 unspecified atom stereocenters. The number of nitrogens with zero attached hydrogens (tertiary/aromatic N) is 2. The molecule has 4 heteroatoms. The van der Waals surface area contributed by atoms with Crippen LogP contribution >= 0.6 is 0 Å². The average Bonchev–Trinajstić information content (AvgIpc) is 2.67. The zero-order valence-electron chi connectivity index (χ0n) is 16.5. The Bertz CT molecular complexity index is 575. The van der Waals surface area contributed by atoms with Crippen molar-refractivity contribution in [2.24, 2.45) is 5.92 Å². The minimum atomic E-state index is 0.268. The van der Waals surface area contributed by atoms with Crippen molar-refractivity contribution in [2.75, 3.05) is 37.6 Å². The summed E-state index contributed by atoms with van der Waals surface area (Å²) in [5.74, 6) is 0.561. The summed E-state index contributed by atoms with van der Waals surface area (Å²) in [7, 11) is 0. The van der Waals surface area contributed by atoms with Crippen molar-refractivity contribution in [1.29, 1.82) is 0 Å². The third-order valence-corrected chi connectivity index (χ3v) is 5.98. The van der Waals surface area contributed by atoms with Crippen molar-refractivity contribution in [3.8, 4) is 0 Å². The van der Waals surface area contributed by atoms with Gasteiger partial charge in [0, 0.05) is 50.4 Å². The number of nitrogens with one attached hydrogen (secondary N) is 1. The number of anilines is 1. The molecule has 1 aliphatic heterocycles. The molecule has 1 aromatic carbocycles. The van der Waals surface area contributed by atoms with Crippen LogP contribution in [0.3, 0.4) is 0 Å². The fourth-order valence-corrected chi connectivity index (χ4v) is 4.23. The van der Waals surface area contributed by atoms with Crippen LogP contribution < -0.4 is 10.2 Å². The number of hydrogen-bond donors (Lipinski definition) is 1. The van der Waals surface area contributed by atoms with E-state index in [0.717, 1.165) is 52.0 Å². The topological polar surface area (TPSA) is 35.6 Å². The van der Waals surface area contributed by atoms with Gasteiger partial charge in [-0.2, -0.15) is 0 Å². The van der Waals surface area contributed by atoms with Crippen LogP contribution in [0.1, 0.15) is 51.0 Å². The first-order valence-corrected chi connectivity index (χ1v) is 10.5. The molecule has 0 spiro atoms. The number of carbonyl (C=O) groups excluding carboxylic acids is 1. The second-order valence-corrected chi connectivity index (χ2v) is 8.20. The van der Waals surface area contributed by atoms with Crippen LogP contribution in [0.5, 0.6) is 0 Å². The summed E-state index contributed by atoms with van der Waals surface area (Å²) < 4.78 is 0. The Kier molecular flexibility index (Phi) is 6.95. The molecule has 1 heterocycles. The van der Waals surface area contributed by atoms with E-state index in [-0.39, 0.29) is 12.0 Å². The van der Waals surface area contributed by atoms with Gasteiger partial charge < -0.3 is 10.2 Å². The predicted octanol–water partition coefficient (Wildman–Crippen LogP) is 3.59. The van der Waals surface area contributed by atoms with E-state index in [1.807, 2.05) is 0 Å². The van der Waals surface area contributed by atoms with Gasteiger partial charge in [0.1, 0.15) is 0 Å². The van der Waals surface area contributed by atoms with E-state index < -0.39 is 0 Å². The van der Waals surface area contributed by atoms with Gasteiger partial charge in [0.25, 0.3) is 0 Å². The third kappa shape index (κ3) is 5.47. The van der Waals surface area contributed by atoms with Gasteiger partial charge in [0.15, 0.2) is 0 Å². The molecule has 1 atom stereocenters. The maximum Gasteiger partial charge on any atom is 0.223 e. The lowest BCUT2D eigenvalue weighted by atomic mass is 9.88. The lowest BCUT2D eigenvalue weighted by Gasteiger charge is -2.36. The molecule has 144 valence electrons. The van der Waals surface area contributed by atoms with Crippen molar-refractivity contribution in [1.82, 2.24) is 10.2 Å². The minimum Gasteiger partial charge on any atom is -0.369 e. The molecule has 1 N–H and O–H groups in total. The van der Waals surface area contributed by atoms with Crippen LogP contribution in [-0.2, 0) is 4.79 Å². The standard InChI is InChI=1S/C22H35N3O/c1-18-7-6-10-21(17-18)25-15-13-24(14-16-25)12-11-19(2)23-22(26)20-8-4-3-5-9-20/h6-7,10,17,19-20H,3-5,8-9,11-16H2,1-2H3,(H,23,26)/t19-/m0/s1. The summed E-state index contributed by atoms with van der Waals surface area (Å²) in [5.41, 5.74) is 2.67.